The van der Waals surface area contributed by atoms with E-state index in [4.69, 9.17) is 4.98 Å². The molecule has 5 heteroatoms. The molecule has 0 radical (unpaired) electrons. The predicted octanol–water partition coefficient (Wildman–Crippen LogP) is 6.12. The second kappa shape index (κ2) is 9.46. The van der Waals surface area contributed by atoms with Gasteiger partial charge >= 0.3 is 0 Å². The highest BCUT2D eigenvalue weighted by atomic mass is 32.1. The van der Waals surface area contributed by atoms with Crippen molar-refractivity contribution in [3.05, 3.63) is 27.7 Å². The van der Waals surface area contributed by atoms with Gasteiger partial charge in [-0.2, -0.15) is 0 Å². The zero-order valence-corrected chi connectivity index (χ0v) is 18.8. The Hall–Kier alpha value is -1.62. The molecule has 0 atom stereocenters. The fourth-order valence-electron chi connectivity index (χ4n) is 5.16. The van der Waals surface area contributed by atoms with Gasteiger partial charge in [0.25, 0.3) is 5.91 Å². The maximum atomic E-state index is 13.1. The average Bonchev–Trinajstić information content (AvgIpc) is 3.31. The molecular weight excluding hydrogens is 378 g/mol. The molecule has 4 nitrogen and oxygen atoms in total. The Labute approximate surface area is 179 Å². The number of carbonyl (C=O) groups is 1. The van der Waals surface area contributed by atoms with Crippen molar-refractivity contribution in [3.63, 3.8) is 0 Å². The lowest BCUT2D eigenvalue weighted by Gasteiger charge is -2.24. The highest BCUT2D eigenvalue weighted by Crippen LogP contribution is 2.32. The zero-order chi connectivity index (χ0) is 20.2. The second-order valence-corrected chi connectivity index (χ2v) is 10.2. The molecule has 0 unspecified atom stereocenters. The van der Waals surface area contributed by atoms with E-state index in [0.29, 0.717) is 11.8 Å². The van der Waals surface area contributed by atoms with E-state index in [1.165, 1.54) is 64.2 Å². The Balaban J connectivity index is 1.55. The third-order valence-electron chi connectivity index (χ3n) is 6.93. The Kier molecular flexibility index (Phi) is 6.74. The maximum Gasteiger partial charge on any atom is 0.253 e. The first kappa shape index (κ1) is 20.6. The lowest BCUT2D eigenvalue weighted by atomic mass is 9.89. The summed E-state index contributed by atoms with van der Waals surface area (Å²) in [7, 11) is 0. The largest absolute Gasteiger partial charge is 0.352 e. The molecule has 2 heterocycles. The minimum Gasteiger partial charge on any atom is -0.352 e. The number of rotatable bonds is 6. The molecule has 0 saturated heterocycles. The molecule has 0 aromatic carbocycles. The van der Waals surface area contributed by atoms with Gasteiger partial charge in [0.2, 0.25) is 0 Å². The molecule has 4 rings (SSSR count). The molecule has 2 fully saturated rings. The van der Waals surface area contributed by atoms with Gasteiger partial charge in [0.05, 0.1) is 22.0 Å². The number of nitrogens with zero attached hydrogens (tertiary/aromatic N) is 2. The number of thiazole rings is 1. The third-order valence-corrected chi connectivity index (χ3v) is 7.71. The molecule has 158 valence electrons. The van der Waals surface area contributed by atoms with Crippen LogP contribution in [0.25, 0.3) is 11.4 Å². The van der Waals surface area contributed by atoms with Gasteiger partial charge in [0.15, 0.2) is 0 Å². The van der Waals surface area contributed by atoms with E-state index < -0.39 is 0 Å². The molecular formula is C24H35N3OS. The highest BCUT2D eigenvalue weighted by Gasteiger charge is 2.23. The van der Waals surface area contributed by atoms with Gasteiger partial charge < -0.3 is 9.88 Å². The number of nitrogens with one attached hydrogen (secondary N) is 1. The van der Waals surface area contributed by atoms with E-state index in [1.54, 1.807) is 11.3 Å². The smallest absolute Gasteiger partial charge is 0.253 e. The third kappa shape index (κ3) is 4.93. The lowest BCUT2D eigenvalue weighted by molar-refractivity contribution is 0.0942. The standard InChI is InChI=1S/C24H35N3OS/c1-17-21(24(28)25-14-19-9-5-3-6-10-19)13-23(22-16-29-18(2)26-22)27(17)15-20-11-7-4-8-12-20/h13,16,19-20H,3-12,14-15H2,1-2H3,(H,25,28). The normalized spacial score (nSPS) is 18.8. The molecule has 2 aliphatic carbocycles. The molecule has 2 aromatic heterocycles. The highest BCUT2D eigenvalue weighted by molar-refractivity contribution is 7.09. The Morgan fingerprint density at radius 1 is 1.07 bits per heavy atom. The maximum absolute atomic E-state index is 13.1. The molecule has 1 amide bonds. The Morgan fingerprint density at radius 2 is 1.72 bits per heavy atom. The molecule has 0 spiro atoms. The minimum atomic E-state index is 0.0867. The van der Waals surface area contributed by atoms with Crippen molar-refractivity contribution in [2.45, 2.75) is 84.6 Å². The quantitative estimate of drug-likeness (QED) is 0.620. The van der Waals surface area contributed by atoms with Gasteiger partial charge in [0, 0.05) is 24.2 Å². The van der Waals surface area contributed by atoms with Gasteiger partial charge in [-0.15, -0.1) is 11.3 Å². The van der Waals surface area contributed by atoms with Crippen molar-refractivity contribution in [2.75, 3.05) is 6.54 Å². The van der Waals surface area contributed by atoms with Crippen LogP contribution in [0, 0.1) is 25.7 Å². The van der Waals surface area contributed by atoms with Crippen LogP contribution >= 0.6 is 11.3 Å². The van der Waals surface area contributed by atoms with Crippen molar-refractivity contribution in [3.8, 4) is 11.4 Å². The van der Waals surface area contributed by atoms with E-state index in [-0.39, 0.29) is 5.91 Å². The summed E-state index contributed by atoms with van der Waals surface area (Å²) >= 11 is 1.68. The molecule has 0 aliphatic heterocycles. The van der Waals surface area contributed by atoms with Crippen molar-refractivity contribution >= 4 is 17.2 Å². The van der Waals surface area contributed by atoms with Crippen molar-refractivity contribution in [2.24, 2.45) is 11.8 Å². The number of aromatic nitrogens is 2. The molecule has 0 bridgehead atoms. The number of amides is 1. The summed E-state index contributed by atoms with van der Waals surface area (Å²) in [6.45, 7) is 5.99. The van der Waals surface area contributed by atoms with Crippen LogP contribution in [0.5, 0.6) is 0 Å². The van der Waals surface area contributed by atoms with E-state index in [2.05, 4.69) is 28.3 Å². The molecule has 2 saturated carbocycles. The van der Waals surface area contributed by atoms with Crippen molar-refractivity contribution in [1.29, 1.82) is 0 Å². The summed E-state index contributed by atoms with van der Waals surface area (Å²) in [6.07, 6.45) is 13.1. The number of hydrogen-bond donors (Lipinski definition) is 1. The van der Waals surface area contributed by atoms with Crippen LogP contribution in [0.4, 0.5) is 0 Å². The van der Waals surface area contributed by atoms with Crippen LogP contribution in [0.15, 0.2) is 11.4 Å². The van der Waals surface area contributed by atoms with Gasteiger partial charge in [-0.25, -0.2) is 4.98 Å². The molecule has 29 heavy (non-hydrogen) atoms. The second-order valence-electron chi connectivity index (χ2n) is 9.11. The average molecular weight is 414 g/mol. The van der Waals surface area contributed by atoms with Crippen LogP contribution in [0.2, 0.25) is 0 Å². The molecule has 2 aromatic rings. The van der Waals surface area contributed by atoms with Crippen LogP contribution in [0.3, 0.4) is 0 Å². The molecule has 1 N–H and O–H groups in total. The fraction of sp³-hybridized carbons (Fsp3) is 0.667. The van der Waals surface area contributed by atoms with E-state index in [0.717, 1.165) is 40.7 Å². The van der Waals surface area contributed by atoms with Crippen LogP contribution in [-0.4, -0.2) is 22.0 Å². The summed E-state index contributed by atoms with van der Waals surface area (Å²) in [5, 5.41) is 6.45. The summed E-state index contributed by atoms with van der Waals surface area (Å²) in [6, 6.07) is 2.09. The summed E-state index contributed by atoms with van der Waals surface area (Å²) in [5.74, 6) is 1.45. The van der Waals surface area contributed by atoms with Crippen LogP contribution in [0.1, 0.15) is 85.3 Å². The van der Waals surface area contributed by atoms with Crippen molar-refractivity contribution in [1.82, 2.24) is 14.9 Å². The number of hydrogen-bond acceptors (Lipinski definition) is 3. The SMILES string of the molecule is Cc1nc(-c2cc(C(=O)NCC3CCCCC3)c(C)n2CC2CCCCC2)cs1. The van der Waals surface area contributed by atoms with Gasteiger partial charge in [-0.1, -0.05) is 38.5 Å². The first-order valence-electron chi connectivity index (χ1n) is 11.5. The van der Waals surface area contributed by atoms with Crippen LogP contribution in [-0.2, 0) is 6.54 Å². The summed E-state index contributed by atoms with van der Waals surface area (Å²) < 4.78 is 2.38. The lowest BCUT2D eigenvalue weighted by Crippen LogP contribution is -2.30. The first-order chi connectivity index (χ1) is 14.1. The van der Waals surface area contributed by atoms with E-state index in [9.17, 15) is 4.79 Å². The molecule has 2 aliphatic rings. The van der Waals surface area contributed by atoms with Gasteiger partial charge in [0.1, 0.15) is 0 Å². The van der Waals surface area contributed by atoms with Crippen LogP contribution < -0.4 is 5.32 Å². The minimum absolute atomic E-state index is 0.0867. The first-order valence-corrected chi connectivity index (χ1v) is 12.4. The predicted molar refractivity (Wildman–Crippen MR) is 120 cm³/mol. The van der Waals surface area contributed by atoms with Crippen molar-refractivity contribution < 1.29 is 4.79 Å². The monoisotopic (exact) mass is 413 g/mol. The number of aryl methyl sites for hydroxylation is 1. The fourth-order valence-corrected chi connectivity index (χ4v) is 5.76. The summed E-state index contributed by atoms with van der Waals surface area (Å²) in [5.41, 5.74) is 4.05. The number of carbonyl (C=O) groups excluding carboxylic acids is 1. The topological polar surface area (TPSA) is 46.9 Å². The Bertz CT molecular complexity index is 825. The van der Waals surface area contributed by atoms with E-state index in [1.807, 2.05) is 6.92 Å². The zero-order valence-electron chi connectivity index (χ0n) is 18.0. The van der Waals surface area contributed by atoms with Gasteiger partial charge in [-0.3, -0.25) is 4.79 Å². The van der Waals surface area contributed by atoms with Gasteiger partial charge in [-0.05, 0) is 57.4 Å². The van der Waals surface area contributed by atoms with E-state index >= 15 is 0 Å². The Morgan fingerprint density at radius 3 is 2.34 bits per heavy atom. The summed E-state index contributed by atoms with van der Waals surface area (Å²) in [4.78, 5) is 17.8.